The van der Waals surface area contributed by atoms with E-state index in [1.807, 2.05) is 6.92 Å². The molecule has 0 saturated carbocycles. The Bertz CT molecular complexity index is 240. The summed E-state index contributed by atoms with van der Waals surface area (Å²) in [6, 6.07) is -0.155. The molecule has 1 rings (SSSR count). The first-order valence-corrected chi connectivity index (χ1v) is 3.93. The molecule has 0 amide bonds. The average molecular weight is 191 g/mol. The highest BCUT2D eigenvalue weighted by atomic mass is 35.5. The number of hydrogen-bond donors (Lipinski definition) is 1. The van der Waals surface area contributed by atoms with Gasteiger partial charge in [-0.25, -0.2) is 0 Å². The Morgan fingerprint density at radius 3 is 2.09 bits per heavy atom. The van der Waals surface area contributed by atoms with Crippen LogP contribution < -0.4 is 5.73 Å². The van der Waals surface area contributed by atoms with Crippen molar-refractivity contribution in [3.63, 3.8) is 0 Å². The molecule has 1 heterocycles. The van der Waals surface area contributed by atoms with Crippen molar-refractivity contribution in [2.75, 3.05) is 0 Å². The standard InChI is InChI=1S/C7H8Cl2N2/c1-4(10)7-5(8)2-11-3-6(7)9/h2-4H,10H2,1H3/t4-/m0/s1. The Kier molecular flexibility index (Phi) is 2.71. The first-order valence-electron chi connectivity index (χ1n) is 3.17. The van der Waals surface area contributed by atoms with Gasteiger partial charge in [0.1, 0.15) is 0 Å². The van der Waals surface area contributed by atoms with Gasteiger partial charge in [-0.3, -0.25) is 4.98 Å². The fourth-order valence-corrected chi connectivity index (χ4v) is 1.57. The van der Waals surface area contributed by atoms with Crippen LogP contribution in [-0.4, -0.2) is 4.98 Å². The molecule has 2 N–H and O–H groups in total. The molecular weight excluding hydrogens is 183 g/mol. The van der Waals surface area contributed by atoms with E-state index in [-0.39, 0.29) is 6.04 Å². The zero-order valence-electron chi connectivity index (χ0n) is 6.01. The summed E-state index contributed by atoms with van der Waals surface area (Å²) in [4.78, 5) is 3.81. The molecule has 0 spiro atoms. The van der Waals surface area contributed by atoms with Gasteiger partial charge in [0.15, 0.2) is 0 Å². The fourth-order valence-electron chi connectivity index (χ4n) is 0.856. The molecule has 0 aliphatic carbocycles. The molecule has 4 heteroatoms. The zero-order chi connectivity index (χ0) is 8.43. The van der Waals surface area contributed by atoms with Crippen LogP contribution >= 0.6 is 23.2 Å². The minimum atomic E-state index is -0.155. The van der Waals surface area contributed by atoms with Crippen molar-refractivity contribution in [1.82, 2.24) is 4.98 Å². The number of nitrogens with two attached hydrogens (primary N) is 1. The topological polar surface area (TPSA) is 38.9 Å². The molecule has 1 atom stereocenters. The van der Waals surface area contributed by atoms with Gasteiger partial charge in [0.2, 0.25) is 0 Å². The van der Waals surface area contributed by atoms with Gasteiger partial charge in [0, 0.05) is 24.0 Å². The van der Waals surface area contributed by atoms with Crippen molar-refractivity contribution in [2.24, 2.45) is 5.73 Å². The first kappa shape index (κ1) is 8.78. The maximum absolute atomic E-state index is 5.80. The third-order valence-electron chi connectivity index (χ3n) is 1.35. The largest absolute Gasteiger partial charge is 0.324 e. The van der Waals surface area contributed by atoms with Gasteiger partial charge in [0.05, 0.1) is 10.0 Å². The molecule has 0 saturated heterocycles. The summed E-state index contributed by atoms with van der Waals surface area (Å²) in [6.07, 6.45) is 3.07. The highest BCUT2D eigenvalue weighted by Crippen LogP contribution is 2.27. The predicted molar refractivity (Wildman–Crippen MR) is 46.9 cm³/mol. The monoisotopic (exact) mass is 190 g/mol. The second-order valence-corrected chi connectivity index (χ2v) is 3.12. The Hall–Kier alpha value is -0.310. The molecule has 1 aromatic heterocycles. The first-order chi connectivity index (χ1) is 5.13. The molecule has 0 radical (unpaired) electrons. The number of rotatable bonds is 1. The van der Waals surface area contributed by atoms with Crippen molar-refractivity contribution in [3.8, 4) is 0 Å². The predicted octanol–water partition coefficient (Wildman–Crippen LogP) is 2.41. The van der Waals surface area contributed by atoms with Crippen molar-refractivity contribution >= 4 is 23.2 Å². The normalized spacial score (nSPS) is 13.1. The molecule has 0 fully saturated rings. The minimum absolute atomic E-state index is 0.155. The summed E-state index contributed by atoms with van der Waals surface area (Å²) in [5.74, 6) is 0. The van der Waals surface area contributed by atoms with Gasteiger partial charge in [-0.05, 0) is 6.92 Å². The number of pyridine rings is 1. The van der Waals surface area contributed by atoms with E-state index < -0.39 is 0 Å². The molecule has 1 aromatic rings. The smallest absolute Gasteiger partial charge is 0.0651 e. The number of hydrogen-bond acceptors (Lipinski definition) is 2. The summed E-state index contributed by atoms with van der Waals surface area (Å²) < 4.78 is 0. The van der Waals surface area contributed by atoms with E-state index in [1.54, 1.807) is 0 Å². The molecule has 0 aliphatic rings. The summed E-state index contributed by atoms with van der Waals surface area (Å²) in [5, 5.41) is 1.04. The van der Waals surface area contributed by atoms with E-state index in [1.165, 1.54) is 12.4 Å². The third kappa shape index (κ3) is 1.83. The lowest BCUT2D eigenvalue weighted by atomic mass is 10.1. The van der Waals surface area contributed by atoms with Crippen molar-refractivity contribution in [1.29, 1.82) is 0 Å². The Labute approximate surface area is 75.3 Å². The molecule has 0 bridgehead atoms. The van der Waals surface area contributed by atoms with E-state index in [0.717, 1.165) is 5.56 Å². The van der Waals surface area contributed by atoms with Crippen LogP contribution in [0.15, 0.2) is 12.4 Å². The second kappa shape index (κ2) is 3.39. The van der Waals surface area contributed by atoms with Crippen LogP contribution in [0.4, 0.5) is 0 Å². The molecule has 60 valence electrons. The van der Waals surface area contributed by atoms with Gasteiger partial charge in [0.25, 0.3) is 0 Å². The lowest BCUT2D eigenvalue weighted by Crippen LogP contribution is -2.06. The van der Waals surface area contributed by atoms with E-state index in [9.17, 15) is 0 Å². The van der Waals surface area contributed by atoms with Crippen LogP contribution in [0.2, 0.25) is 10.0 Å². The van der Waals surface area contributed by atoms with Gasteiger partial charge in [-0.1, -0.05) is 23.2 Å². The Morgan fingerprint density at radius 2 is 1.82 bits per heavy atom. The van der Waals surface area contributed by atoms with E-state index in [2.05, 4.69) is 4.98 Å². The van der Waals surface area contributed by atoms with Crippen LogP contribution in [0.5, 0.6) is 0 Å². The summed E-state index contributed by atoms with van der Waals surface area (Å²) >= 11 is 11.6. The molecule has 0 aromatic carbocycles. The van der Waals surface area contributed by atoms with Gasteiger partial charge in [-0.15, -0.1) is 0 Å². The van der Waals surface area contributed by atoms with Crippen LogP contribution in [0.1, 0.15) is 18.5 Å². The number of halogens is 2. The molecular formula is C7H8Cl2N2. The van der Waals surface area contributed by atoms with Gasteiger partial charge in [-0.2, -0.15) is 0 Å². The van der Waals surface area contributed by atoms with E-state index >= 15 is 0 Å². The maximum Gasteiger partial charge on any atom is 0.0651 e. The summed E-state index contributed by atoms with van der Waals surface area (Å²) in [7, 11) is 0. The lowest BCUT2D eigenvalue weighted by Gasteiger charge is -2.08. The average Bonchev–Trinajstić information content (AvgIpc) is 1.85. The SMILES string of the molecule is C[C@H](N)c1c(Cl)cncc1Cl. The van der Waals surface area contributed by atoms with Crippen molar-refractivity contribution < 1.29 is 0 Å². The lowest BCUT2D eigenvalue weighted by molar-refractivity contribution is 0.816. The quantitative estimate of drug-likeness (QED) is 0.740. The summed E-state index contributed by atoms with van der Waals surface area (Å²) in [5.41, 5.74) is 6.37. The van der Waals surface area contributed by atoms with Crippen molar-refractivity contribution in [2.45, 2.75) is 13.0 Å². The molecule has 0 unspecified atom stereocenters. The maximum atomic E-state index is 5.80. The van der Waals surface area contributed by atoms with Crippen LogP contribution in [-0.2, 0) is 0 Å². The highest BCUT2D eigenvalue weighted by Gasteiger charge is 2.09. The number of aromatic nitrogens is 1. The van der Waals surface area contributed by atoms with E-state index in [4.69, 9.17) is 28.9 Å². The zero-order valence-corrected chi connectivity index (χ0v) is 7.52. The Morgan fingerprint density at radius 1 is 1.36 bits per heavy atom. The highest BCUT2D eigenvalue weighted by molar-refractivity contribution is 6.35. The van der Waals surface area contributed by atoms with Gasteiger partial charge >= 0.3 is 0 Å². The molecule has 2 nitrogen and oxygen atoms in total. The Balaban J connectivity index is 3.21. The molecule has 0 aliphatic heterocycles. The van der Waals surface area contributed by atoms with Crippen LogP contribution in [0.25, 0.3) is 0 Å². The van der Waals surface area contributed by atoms with Crippen molar-refractivity contribution in [3.05, 3.63) is 28.0 Å². The fraction of sp³-hybridized carbons (Fsp3) is 0.286. The number of nitrogens with zero attached hydrogens (tertiary/aromatic N) is 1. The van der Waals surface area contributed by atoms with E-state index in [0.29, 0.717) is 10.0 Å². The van der Waals surface area contributed by atoms with Crippen LogP contribution in [0.3, 0.4) is 0 Å². The van der Waals surface area contributed by atoms with Gasteiger partial charge < -0.3 is 5.73 Å². The minimum Gasteiger partial charge on any atom is -0.324 e. The summed E-state index contributed by atoms with van der Waals surface area (Å²) in [6.45, 7) is 1.83. The second-order valence-electron chi connectivity index (χ2n) is 2.31. The van der Waals surface area contributed by atoms with Crippen LogP contribution in [0, 0.1) is 0 Å². The third-order valence-corrected chi connectivity index (χ3v) is 1.95. The molecule has 11 heavy (non-hydrogen) atoms.